The SMILES string of the molecule is Cc1cc2c(cc1Cc1c(C)ccc3c1OCN(CCO)C3)CN(CCO)CO2. The van der Waals surface area contributed by atoms with Gasteiger partial charge in [0.25, 0.3) is 0 Å². The Morgan fingerprint density at radius 1 is 0.862 bits per heavy atom. The van der Waals surface area contributed by atoms with E-state index in [1.165, 1.54) is 33.4 Å². The summed E-state index contributed by atoms with van der Waals surface area (Å²) in [5, 5.41) is 18.4. The van der Waals surface area contributed by atoms with Crippen LogP contribution < -0.4 is 9.47 Å². The summed E-state index contributed by atoms with van der Waals surface area (Å²) in [6.45, 7) is 8.42. The molecule has 2 aromatic rings. The lowest BCUT2D eigenvalue weighted by Gasteiger charge is -2.31. The number of hydrogen-bond acceptors (Lipinski definition) is 6. The zero-order valence-electron chi connectivity index (χ0n) is 17.3. The van der Waals surface area contributed by atoms with E-state index in [2.05, 4.69) is 47.9 Å². The van der Waals surface area contributed by atoms with Crippen molar-refractivity contribution in [2.24, 2.45) is 0 Å². The predicted molar refractivity (Wildman–Crippen MR) is 111 cm³/mol. The molecule has 0 saturated carbocycles. The first-order chi connectivity index (χ1) is 14.1. The van der Waals surface area contributed by atoms with Gasteiger partial charge in [0.1, 0.15) is 25.0 Å². The van der Waals surface area contributed by atoms with E-state index in [-0.39, 0.29) is 13.2 Å². The third kappa shape index (κ3) is 4.26. The topological polar surface area (TPSA) is 65.4 Å². The molecule has 29 heavy (non-hydrogen) atoms. The minimum atomic E-state index is 0.136. The van der Waals surface area contributed by atoms with Gasteiger partial charge >= 0.3 is 0 Å². The maximum Gasteiger partial charge on any atom is 0.142 e. The van der Waals surface area contributed by atoms with Crippen LogP contribution in [0, 0.1) is 13.8 Å². The van der Waals surface area contributed by atoms with E-state index in [9.17, 15) is 10.2 Å². The normalized spacial score (nSPS) is 16.7. The second-order valence-electron chi connectivity index (χ2n) is 8.01. The van der Waals surface area contributed by atoms with E-state index in [0.29, 0.717) is 26.6 Å². The van der Waals surface area contributed by atoms with Gasteiger partial charge in [-0.05, 0) is 36.6 Å². The molecule has 0 saturated heterocycles. The molecule has 4 rings (SSSR count). The largest absolute Gasteiger partial charge is 0.478 e. The average Bonchev–Trinajstić information content (AvgIpc) is 2.71. The zero-order valence-corrected chi connectivity index (χ0v) is 17.3. The van der Waals surface area contributed by atoms with Crippen molar-refractivity contribution in [3.63, 3.8) is 0 Å². The van der Waals surface area contributed by atoms with Crippen LogP contribution in [0.5, 0.6) is 11.5 Å². The molecule has 6 heteroatoms. The van der Waals surface area contributed by atoms with Crippen LogP contribution in [0.1, 0.15) is 33.4 Å². The van der Waals surface area contributed by atoms with Gasteiger partial charge in [0.15, 0.2) is 0 Å². The number of aliphatic hydroxyl groups excluding tert-OH is 2. The van der Waals surface area contributed by atoms with Crippen molar-refractivity contribution in [3.8, 4) is 11.5 Å². The lowest BCUT2D eigenvalue weighted by Crippen LogP contribution is -2.34. The second kappa shape index (κ2) is 8.71. The second-order valence-corrected chi connectivity index (χ2v) is 8.01. The highest BCUT2D eigenvalue weighted by Gasteiger charge is 2.23. The molecule has 2 aliphatic rings. The van der Waals surface area contributed by atoms with Gasteiger partial charge in [0.05, 0.1) is 13.2 Å². The number of aryl methyl sites for hydroxylation is 2. The van der Waals surface area contributed by atoms with Crippen LogP contribution >= 0.6 is 0 Å². The molecule has 2 aliphatic heterocycles. The smallest absolute Gasteiger partial charge is 0.142 e. The Kier molecular flexibility index (Phi) is 6.06. The highest BCUT2D eigenvalue weighted by Crippen LogP contribution is 2.35. The van der Waals surface area contributed by atoms with E-state index < -0.39 is 0 Å². The van der Waals surface area contributed by atoms with Crippen molar-refractivity contribution in [3.05, 3.63) is 57.6 Å². The van der Waals surface area contributed by atoms with Crippen molar-refractivity contribution in [2.45, 2.75) is 33.4 Å². The third-order valence-corrected chi connectivity index (χ3v) is 5.88. The molecule has 0 unspecified atom stereocenters. The average molecular weight is 399 g/mol. The van der Waals surface area contributed by atoms with Crippen molar-refractivity contribution < 1.29 is 19.7 Å². The van der Waals surface area contributed by atoms with E-state index in [4.69, 9.17) is 9.47 Å². The van der Waals surface area contributed by atoms with Crippen LogP contribution in [-0.4, -0.2) is 59.8 Å². The molecule has 0 atom stereocenters. The van der Waals surface area contributed by atoms with Gasteiger partial charge in [-0.15, -0.1) is 0 Å². The molecular weight excluding hydrogens is 368 g/mol. The number of nitrogens with zero attached hydrogens (tertiary/aromatic N) is 2. The third-order valence-electron chi connectivity index (χ3n) is 5.88. The first-order valence-corrected chi connectivity index (χ1v) is 10.2. The summed E-state index contributed by atoms with van der Waals surface area (Å²) in [4.78, 5) is 4.22. The monoisotopic (exact) mass is 398 g/mol. The Morgan fingerprint density at radius 2 is 1.55 bits per heavy atom. The first kappa shape index (κ1) is 20.2. The van der Waals surface area contributed by atoms with E-state index >= 15 is 0 Å². The number of hydrogen-bond donors (Lipinski definition) is 2. The molecule has 2 N–H and O–H groups in total. The number of β-amino-alcohol motifs (C(OH)–C–C–N with tert-alkyl or cyclic N) is 2. The zero-order chi connectivity index (χ0) is 20.4. The van der Waals surface area contributed by atoms with Crippen LogP contribution in [0.2, 0.25) is 0 Å². The van der Waals surface area contributed by atoms with Crippen LogP contribution in [0.15, 0.2) is 24.3 Å². The summed E-state index contributed by atoms with van der Waals surface area (Å²) in [7, 11) is 0. The fraction of sp³-hybridized carbons (Fsp3) is 0.478. The summed E-state index contributed by atoms with van der Waals surface area (Å²) in [6, 6.07) is 8.68. The van der Waals surface area contributed by atoms with Crippen LogP contribution in [0.25, 0.3) is 0 Å². The maximum atomic E-state index is 9.23. The van der Waals surface area contributed by atoms with Gasteiger partial charge in [0, 0.05) is 49.3 Å². The van der Waals surface area contributed by atoms with Gasteiger partial charge in [-0.1, -0.05) is 18.2 Å². The fourth-order valence-electron chi connectivity index (χ4n) is 4.17. The molecule has 0 aliphatic carbocycles. The summed E-state index contributed by atoms with van der Waals surface area (Å²) in [5.74, 6) is 1.94. The van der Waals surface area contributed by atoms with Crippen molar-refractivity contribution in [2.75, 3.05) is 39.8 Å². The number of rotatable bonds is 6. The minimum Gasteiger partial charge on any atom is -0.478 e. The first-order valence-electron chi connectivity index (χ1n) is 10.2. The van der Waals surface area contributed by atoms with Gasteiger partial charge in [-0.25, -0.2) is 0 Å². The quantitative estimate of drug-likeness (QED) is 0.778. The molecule has 0 amide bonds. The van der Waals surface area contributed by atoms with Crippen LogP contribution in [-0.2, 0) is 19.5 Å². The Morgan fingerprint density at radius 3 is 2.28 bits per heavy atom. The Balaban J connectivity index is 1.62. The Hall–Kier alpha value is -2.12. The number of fused-ring (bicyclic) bond motifs is 2. The van der Waals surface area contributed by atoms with E-state index in [1.807, 2.05) is 0 Å². The molecule has 156 valence electrons. The Bertz CT molecular complexity index is 884. The van der Waals surface area contributed by atoms with E-state index in [1.54, 1.807) is 0 Å². The fourth-order valence-corrected chi connectivity index (χ4v) is 4.17. The standard InChI is InChI=1S/C23H30N2O4/c1-16-3-4-18-12-24(5-7-26)15-29-23(18)21(16)11-19-10-20-13-25(6-8-27)14-28-22(20)9-17(19)2/h3-4,9-10,26-27H,5-8,11-15H2,1-2H3. The van der Waals surface area contributed by atoms with Gasteiger partial charge < -0.3 is 19.7 Å². The van der Waals surface area contributed by atoms with Crippen LogP contribution in [0.4, 0.5) is 0 Å². The molecule has 0 radical (unpaired) electrons. The van der Waals surface area contributed by atoms with Gasteiger partial charge in [-0.2, -0.15) is 0 Å². The summed E-state index contributed by atoms with van der Waals surface area (Å²) < 4.78 is 12.0. The highest BCUT2D eigenvalue weighted by molar-refractivity contribution is 5.51. The van der Waals surface area contributed by atoms with Crippen molar-refractivity contribution in [1.29, 1.82) is 0 Å². The Labute approximate surface area is 172 Å². The van der Waals surface area contributed by atoms with Crippen LogP contribution in [0.3, 0.4) is 0 Å². The minimum absolute atomic E-state index is 0.136. The molecule has 6 nitrogen and oxygen atoms in total. The number of benzene rings is 2. The van der Waals surface area contributed by atoms with Gasteiger partial charge in [0.2, 0.25) is 0 Å². The van der Waals surface area contributed by atoms with Crippen molar-refractivity contribution in [1.82, 2.24) is 9.80 Å². The molecule has 0 spiro atoms. The highest BCUT2D eigenvalue weighted by atomic mass is 16.5. The van der Waals surface area contributed by atoms with Gasteiger partial charge in [-0.3, -0.25) is 9.80 Å². The molecule has 0 bridgehead atoms. The molecular formula is C23H30N2O4. The number of ether oxygens (including phenoxy) is 2. The predicted octanol–water partition coefficient (Wildman–Crippen LogP) is 2.18. The lowest BCUT2D eigenvalue weighted by atomic mass is 9.92. The molecule has 0 fully saturated rings. The molecule has 2 heterocycles. The van der Waals surface area contributed by atoms with E-state index in [0.717, 1.165) is 31.0 Å². The lowest BCUT2D eigenvalue weighted by molar-refractivity contribution is 0.0762. The summed E-state index contributed by atoms with van der Waals surface area (Å²) >= 11 is 0. The molecule has 0 aromatic heterocycles. The summed E-state index contributed by atoms with van der Waals surface area (Å²) in [6.07, 6.45) is 0.814. The number of aliphatic hydroxyl groups is 2. The maximum absolute atomic E-state index is 9.23. The summed E-state index contributed by atoms with van der Waals surface area (Å²) in [5.41, 5.74) is 7.30. The van der Waals surface area contributed by atoms with Crippen molar-refractivity contribution >= 4 is 0 Å². The molecule has 2 aromatic carbocycles.